The predicted octanol–water partition coefficient (Wildman–Crippen LogP) is 3.77. The molecule has 0 aliphatic carbocycles. The molecule has 1 heterocycles. The molecule has 0 radical (unpaired) electrons. The van der Waals surface area contributed by atoms with Gasteiger partial charge in [-0.1, -0.05) is 18.5 Å². The van der Waals surface area contributed by atoms with E-state index in [-0.39, 0.29) is 0 Å². The number of aromatic nitrogens is 1. The highest BCUT2D eigenvalue weighted by atomic mass is 35.5. The zero-order chi connectivity index (χ0) is 13.3. The Morgan fingerprint density at radius 1 is 1.44 bits per heavy atom. The minimum Gasteiger partial charge on any atom is -0.497 e. The maximum Gasteiger partial charge on any atom is 0.119 e. The summed E-state index contributed by atoms with van der Waals surface area (Å²) >= 11 is 6.38. The lowest BCUT2D eigenvalue weighted by atomic mass is 10.1. The number of benzene rings is 1. The van der Waals surface area contributed by atoms with Crippen LogP contribution in [0, 0.1) is 0 Å². The second kappa shape index (κ2) is 5.21. The number of rotatable bonds is 4. The zero-order valence-electron chi connectivity index (χ0n) is 10.9. The first-order valence-electron chi connectivity index (χ1n) is 6.13. The van der Waals surface area contributed by atoms with Gasteiger partial charge in [-0.3, -0.25) is 0 Å². The maximum atomic E-state index is 9.91. The van der Waals surface area contributed by atoms with E-state index in [0.29, 0.717) is 5.15 Å². The molecule has 0 spiro atoms. The molecule has 1 unspecified atom stereocenters. The van der Waals surface area contributed by atoms with Gasteiger partial charge in [-0.05, 0) is 31.5 Å². The number of aliphatic hydroxyl groups excluding tert-OH is 1. The van der Waals surface area contributed by atoms with Gasteiger partial charge in [-0.25, -0.2) is 0 Å². The minimum atomic E-state index is -0.592. The SMILES string of the molecule is CCCn1c(Cl)c(C(C)O)c2cc(OC)ccc21. The van der Waals surface area contributed by atoms with Crippen LogP contribution in [0.15, 0.2) is 18.2 Å². The van der Waals surface area contributed by atoms with E-state index in [2.05, 4.69) is 6.92 Å². The summed E-state index contributed by atoms with van der Waals surface area (Å²) in [5, 5.41) is 11.5. The van der Waals surface area contributed by atoms with Crippen LogP contribution in [0.3, 0.4) is 0 Å². The Hall–Kier alpha value is -1.19. The Labute approximate surface area is 112 Å². The molecule has 1 aromatic heterocycles. The predicted molar refractivity (Wildman–Crippen MR) is 74.4 cm³/mol. The second-order valence-corrected chi connectivity index (χ2v) is 4.77. The third kappa shape index (κ3) is 2.08. The van der Waals surface area contributed by atoms with Crippen molar-refractivity contribution in [2.75, 3.05) is 7.11 Å². The number of nitrogens with zero attached hydrogens (tertiary/aromatic N) is 1. The molecule has 0 saturated heterocycles. The molecular weight excluding hydrogens is 250 g/mol. The number of methoxy groups -OCH3 is 1. The first kappa shape index (κ1) is 13.2. The Balaban J connectivity index is 2.74. The number of ether oxygens (including phenoxy) is 1. The molecule has 0 saturated carbocycles. The molecule has 0 amide bonds. The lowest BCUT2D eigenvalue weighted by Gasteiger charge is -2.05. The van der Waals surface area contributed by atoms with Crippen LogP contribution in [0.5, 0.6) is 5.75 Å². The largest absolute Gasteiger partial charge is 0.497 e. The summed E-state index contributed by atoms with van der Waals surface area (Å²) in [5.74, 6) is 0.773. The fourth-order valence-electron chi connectivity index (χ4n) is 2.30. The average Bonchev–Trinajstić information content (AvgIpc) is 2.62. The quantitative estimate of drug-likeness (QED) is 0.915. The number of fused-ring (bicyclic) bond motifs is 1. The average molecular weight is 268 g/mol. The van der Waals surface area contributed by atoms with Crippen molar-refractivity contribution in [3.8, 4) is 5.75 Å². The number of halogens is 1. The van der Waals surface area contributed by atoms with Crippen molar-refractivity contribution >= 4 is 22.5 Å². The Kier molecular flexibility index (Phi) is 3.83. The van der Waals surface area contributed by atoms with E-state index in [1.165, 1.54) is 0 Å². The van der Waals surface area contributed by atoms with Crippen molar-refractivity contribution in [2.24, 2.45) is 0 Å². The summed E-state index contributed by atoms with van der Waals surface area (Å²) in [5.41, 5.74) is 1.82. The van der Waals surface area contributed by atoms with Crippen molar-refractivity contribution < 1.29 is 9.84 Å². The third-order valence-electron chi connectivity index (χ3n) is 3.11. The van der Waals surface area contributed by atoms with Crippen LogP contribution in [0.4, 0.5) is 0 Å². The van der Waals surface area contributed by atoms with Gasteiger partial charge in [-0.2, -0.15) is 0 Å². The van der Waals surface area contributed by atoms with E-state index in [1.807, 2.05) is 22.8 Å². The summed E-state index contributed by atoms with van der Waals surface area (Å²) in [6.45, 7) is 4.68. The van der Waals surface area contributed by atoms with Crippen molar-refractivity contribution in [3.63, 3.8) is 0 Å². The Morgan fingerprint density at radius 3 is 2.72 bits per heavy atom. The lowest BCUT2D eigenvalue weighted by Crippen LogP contribution is -1.97. The van der Waals surface area contributed by atoms with Crippen LogP contribution >= 0.6 is 11.6 Å². The highest BCUT2D eigenvalue weighted by molar-refractivity contribution is 6.32. The second-order valence-electron chi connectivity index (χ2n) is 4.42. The van der Waals surface area contributed by atoms with E-state index < -0.39 is 6.10 Å². The molecular formula is C14H18ClNO2. The van der Waals surface area contributed by atoms with Crippen molar-refractivity contribution in [3.05, 3.63) is 28.9 Å². The minimum absolute atomic E-state index is 0.592. The zero-order valence-corrected chi connectivity index (χ0v) is 11.7. The topological polar surface area (TPSA) is 34.4 Å². The molecule has 2 aromatic rings. The molecule has 98 valence electrons. The first-order chi connectivity index (χ1) is 8.60. The van der Waals surface area contributed by atoms with Gasteiger partial charge in [0.2, 0.25) is 0 Å². The fraction of sp³-hybridized carbons (Fsp3) is 0.429. The van der Waals surface area contributed by atoms with Crippen molar-refractivity contribution in [2.45, 2.75) is 32.9 Å². The number of hydrogen-bond donors (Lipinski definition) is 1. The van der Waals surface area contributed by atoms with Crippen molar-refractivity contribution in [1.82, 2.24) is 4.57 Å². The molecule has 1 atom stereocenters. The van der Waals surface area contributed by atoms with Gasteiger partial charge < -0.3 is 14.4 Å². The first-order valence-corrected chi connectivity index (χ1v) is 6.51. The summed E-state index contributed by atoms with van der Waals surface area (Å²) in [4.78, 5) is 0. The number of aryl methyl sites for hydroxylation is 1. The van der Waals surface area contributed by atoms with Crippen LogP contribution < -0.4 is 4.74 Å². The Bertz CT molecular complexity index is 560. The number of hydrogen-bond acceptors (Lipinski definition) is 2. The van der Waals surface area contributed by atoms with E-state index >= 15 is 0 Å². The van der Waals surface area contributed by atoms with Crippen LogP contribution in [0.1, 0.15) is 31.9 Å². The van der Waals surface area contributed by atoms with Crippen LogP contribution in [-0.4, -0.2) is 16.8 Å². The molecule has 1 aromatic carbocycles. The fourth-order valence-corrected chi connectivity index (χ4v) is 2.73. The summed E-state index contributed by atoms with van der Waals surface area (Å²) in [6, 6.07) is 5.83. The van der Waals surface area contributed by atoms with Gasteiger partial charge in [0.15, 0.2) is 0 Å². The highest BCUT2D eigenvalue weighted by Crippen LogP contribution is 2.36. The van der Waals surface area contributed by atoms with Gasteiger partial charge >= 0.3 is 0 Å². The van der Waals surface area contributed by atoms with Gasteiger partial charge in [0.05, 0.1) is 13.2 Å². The Morgan fingerprint density at radius 2 is 2.17 bits per heavy atom. The van der Waals surface area contributed by atoms with Gasteiger partial charge in [0, 0.05) is 23.0 Å². The maximum absolute atomic E-state index is 9.91. The van der Waals surface area contributed by atoms with Crippen LogP contribution in [0.2, 0.25) is 5.15 Å². The molecule has 0 fully saturated rings. The molecule has 0 aliphatic heterocycles. The van der Waals surface area contributed by atoms with Crippen LogP contribution in [-0.2, 0) is 6.54 Å². The summed E-state index contributed by atoms with van der Waals surface area (Å²) in [7, 11) is 1.63. The molecule has 3 nitrogen and oxygen atoms in total. The van der Waals surface area contributed by atoms with E-state index in [9.17, 15) is 5.11 Å². The molecule has 4 heteroatoms. The monoisotopic (exact) mass is 267 g/mol. The summed E-state index contributed by atoms with van der Waals surface area (Å²) in [6.07, 6.45) is 0.402. The molecule has 2 rings (SSSR count). The summed E-state index contributed by atoms with van der Waals surface area (Å²) < 4.78 is 7.27. The van der Waals surface area contributed by atoms with Gasteiger partial charge in [-0.15, -0.1) is 0 Å². The normalized spacial score (nSPS) is 12.9. The van der Waals surface area contributed by atoms with E-state index in [0.717, 1.165) is 35.2 Å². The van der Waals surface area contributed by atoms with Gasteiger partial charge in [0.25, 0.3) is 0 Å². The van der Waals surface area contributed by atoms with E-state index in [1.54, 1.807) is 14.0 Å². The molecule has 1 N–H and O–H groups in total. The molecule has 0 aliphatic rings. The molecule has 18 heavy (non-hydrogen) atoms. The van der Waals surface area contributed by atoms with E-state index in [4.69, 9.17) is 16.3 Å². The molecule has 0 bridgehead atoms. The van der Waals surface area contributed by atoms with Gasteiger partial charge in [0.1, 0.15) is 10.9 Å². The van der Waals surface area contributed by atoms with Crippen LogP contribution in [0.25, 0.3) is 10.9 Å². The smallest absolute Gasteiger partial charge is 0.119 e. The standard InChI is InChI=1S/C14H18ClNO2/c1-4-7-16-12-6-5-10(18-3)8-11(12)13(9(2)17)14(16)15/h5-6,8-9,17H,4,7H2,1-3H3. The number of aliphatic hydroxyl groups is 1. The third-order valence-corrected chi connectivity index (χ3v) is 3.52. The lowest BCUT2D eigenvalue weighted by molar-refractivity contribution is 0.200. The highest BCUT2D eigenvalue weighted by Gasteiger charge is 2.19. The van der Waals surface area contributed by atoms with Crippen molar-refractivity contribution in [1.29, 1.82) is 0 Å².